The number of nitrogens with one attached hydrogen (secondary N) is 2. The summed E-state index contributed by atoms with van der Waals surface area (Å²) in [5.74, 6) is -0.598. The van der Waals surface area contributed by atoms with E-state index in [0.717, 1.165) is 6.42 Å². The number of anilines is 1. The smallest absolute Gasteiger partial charge is 0.255 e. The van der Waals surface area contributed by atoms with Crippen molar-refractivity contribution in [2.75, 3.05) is 11.9 Å². The highest BCUT2D eigenvalue weighted by molar-refractivity contribution is 7.89. The van der Waals surface area contributed by atoms with Crippen LogP contribution >= 0.6 is 0 Å². The molecule has 0 atom stereocenters. The van der Waals surface area contributed by atoms with E-state index < -0.39 is 21.7 Å². The summed E-state index contributed by atoms with van der Waals surface area (Å²) in [6, 6.07) is 11.2. The van der Waals surface area contributed by atoms with Crippen LogP contribution in [0.25, 0.3) is 0 Å². The zero-order valence-electron chi connectivity index (χ0n) is 14.1. The Kier molecular flexibility index (Phi) is 6.27. The molecular formula is C18H21FN2O3S. The van der Waals surface area contributed by atoms with Crippen molar-refractivity contribution in [3.05, 3.63) is 59.9 Å². The first-order valence-electron chi connectivity index (χ1n) is 7.94. The third-order valence-electron chi connectivity index (χ3n) is 3.50. The Bertz CT molecular complexity index is 851. The number of amides is 1. The molecule has 0 aliphatic heterocycles. The molecule has 134 valence electrons. The van der Waals surface area contributed by atoms with Gasteiger partial charge >= 0.3 is 0 Å². The van der Waals surface area contributed by atoms with Gasteiger partial charge in [0.2, 0.25) is 10.0 Å². The molecule has 1 amide bonds. The van der Waals surface area contributed by atoms with Crippen molar-refractivity contribution in [1.29, 1.82) is 0 Å². The fourth-order valence-corrected chi connectivity index (χ4v) is 3.23. The van der Waals surface area contributed by atoms with Crippen LogP contribution in [0.5, 0.6) is 0 Å². The van der Waals surface area contributed by atoms with Gasteiger partial charge in [-0.15, -0.1) is 0 Å². The van der Waals surface area contributed by atoms with Crippen molar-refractivity contribution in [3.63, 3.8) is 0 Å². The fourth-order valence-electron chi connectivity index (χ4n) is 2.14. The minimum atomic E-state index is -3.68. The Balaban J connectivity index is 2.13. The van der Waals surface area contributed by atoms with E-state index in [9.17, 15) is 17.6 Å². The average Bonchev–Trinajstić information content (AvgIpc) is 2.54. The SMILES string of the molecule is CC(C)CCNS(=O)(=O)c1cccc(C(=O)Nc2cccc(F)c2)c1. The Labute approximate surface area is 147 Å². The van der Waals surface area contributed by atoms with Crippen LogP contribution in [0.2, 0.25) is 0 Å². The summed E-state index contributed by atoms with van der Waals surface area (Å²) >= 11 is 0. The van der Waals surface area contributed by atoms with Gasteiger partial charge in [0.1, 0.15) is 5.82 Å². The van der Waals surface area contributed by atoms with E-state index >= 15 is 0 Å². The van der Waals surface area contributed by atoms with Crippen LogP contribution in [0.15, 0.2) is 53.4 Å². The number of carbonyl (C=O) groups excluding carboxylic acids is 1. The number of benzene rings is 2. The first-order valence-corrected chi connectivity index (χ1v) is 9.43. The molecule has 2 rings (SSSR count). The van der Waals surface area contributed by atoms with Gasteiger partial charge in [-0.1, -0.05) is 26.0 Å². The van der Waals surface area contributed by atoms with Gasteiger partial charge in [0.15, 0.2) is 0 Å². The molecule has 2 N–H and O–H groups in total. The molecule has 0 aliphatic carbocycles. The van der Waals surface area contributed by atoms with Crippen molar-refractivity contribution >= 4 is 21.6 Å². The fraction of sp³-hybridized carbons (Fsp3) is 0.278. The van der Waals surface area contributed by atoms with E-state index in [1.165, 1.54) is 42.5 Å². The van der Waals surface area contributed by atoms with Crippen LogP contribution in [0.1, 0.15) is 30.6 Å². The van der Waals surface area contributed by atoms with E-state index in [1.807, 2.05) is 13.8 Å². The van der Waals surface area contributed by atoms with Gasteiger partial charge in [0, 0.05) is 17.8 Å². The molecule has 0 aliphatic rings. The number of hydrogen-bond donors (Lipinski definition) is 2. The standard InChI is InChI=1S/C18H21FN2O3S/c1-13(2)9-10-20-25(23,24)17-8-3-5-14(11-17)18(22)21-16-7-4-6-15(19)12-16/h3-8,11-13,20H,9-10H2,1-2H3,(H,21,22). The maximum absolute atomic E-state index is 13.2. The Morgan fingerprint density at radius 2 is 1.84 bits per heavy atom. The molecule has 2 aromatic carbocycles. The first kappa shape index (κ1) is 19.1. The van der Waals surface area contributed by atoms with E-state index in [-0.39, 0.29) is 10.5 Å². The van der Waals surface area contributed by atoms with Gasteiger partial charge in [0.25, 0.3) is 5.91 Å². The van der Waals surface area contributed by atoms with Gasteiger partial charge in [-0.3, -0.25) is 4.79 Å². The number of carbonyl (C=O) groups is 1. The third kappa shape index (κ3) is 5.65. The highest BCUT2D eigenvalue weighted by Crippen LogP contribution is 2.15. The molecule has 2 aromatic rings. The molecule has 0 bridgehead atoms. The average molecular weight is 364 g/mol. The predicted octanol–water partition coefficient (Wildman–Crippen LogP) is 3.40. The normalized spacial score (nSPS) is 11.5. The minimum absolute atomic E-state index is 0.0168. The summed E-state index contributed by atoms with van der Waals surface area (Å²) < 4.78 is 40.3. The minimum Gasteiger partial charge on any atom is -0.322 e. The monoisotopic (exact) mass is 364 g/mol. The molecule has 0 aromatic heterocycles. The van der Waals surface area contributed by atoms with E-state index in [4.69, 9.17) is 0 Å². The van der Waals surface area contributed by atoms with Gasteiger partial charge < -0.3 is 5.32 Å². The molecule has 0 heterocycles. The second-order valence-corrected chi connectivity index (χ2v) is 7.84. The lowest BCUT2D eigenvalue weighted by atomic mass is 10.1. The summed E-state index contributed by atoms with van der Waals surface area (Å²) in [5, 5.41) is 2.54. The molecule has 0 unspecified atom stereocenters. The molecule has 7 heteroatoms. The molecule has 0 saturated heterocycles. The molecule has 0 spiro atoms. The zero-order valence-corrected chi connectivity index (χ0v) is 14.9. The third-order valence-corrected chi connectivity index (χ3v) is 4.96. The van der Waals surface area contributed by atoms with Crippen molar-refractivity contribution in [1.82, 2.24) is 4.72 Å². The van der Waals surface area contributed by atoms with Crippen molar-refractivity contribution in [2.24, 2.45) is 5.92 Å². The van der Waals surface area contributed by atoms with Crippen molar-refractivity contribution in [2.45, 2.75) is 25.2 Å². The Hall–Kier alpha value is -2.25. The highest BCUT2D eigenvalue weighted by atomic mass is 32.2. The zero-order chi connectivity index (χ0) is 18.4. The van der Waals surface area contributed by atoms with Gasteiger partial charge in [-0.25, -0.2) is 17.5 Å². The summed E-state index contributed by atoms with van der Waals surface area (Å²) in [7, 11) is -3.68. The van der Waals surface area contributed by atoms with Crippen molar-refractivity contribution < 1.29 is 17.6 Å². The lowest BCUT2D eigenvalue weighted by molar-refractivity contribution is 0.102. The highest BCUT2D eigenvalue weighted by Gasteiger charge is 2.16. The van der Waals surface area contributed by atoms with Gasteiger partial charge in [-0.05, 0) is 48.7 Å². The van der Waals surface area contributed by atoms with E-state index in [2.05, 4.69) is 10.0 Å². The van der Waals surface area contributed by atoms with Crippen LogP contribution in [-0.2, 0) is 10.0 Å². The van der Waals surface area contributed by atoms with Gasteiger partial charge in [0.05, 0.1) is 4.90 Å². The van der Waals surface area contributed by atoms with Crippen LogP contribution in [0.4, 0.5) is 10.1 Å². The topological polar surface area (TPSA) is 75.3 Å². The summed E-state index contributed by atoms with van der Waals surface area (Å²) in [6.07, 6.45) is 0.721. The Morgan fingerprint density at radius 3 is 2.52 bits per heavy atom. The van der Waals surface area contributed by atoms with Crippen LogP contribution < -0.4 is 10.0 Å². The molecule has 0 saturated carbocycles. The molecule has 25 heavy (non-hydrogen) atoms. The second-order valence-electron chi connectivity index (χ2n) is 6.07. The lowest BCUT2D eigenvalue weighted by Gasteiger charge is -2.10. The van der Waals surface area contributed by atoms with Crippen LogP contribution in [0.3, 0.4) is 0 Å². The van der Waals surface area contributed by atoms with E-state index in [0.29, 0.717) is 18.2 Å². The number of halogens is 1. The summed E-state index contributed by atoms with van der Waals surface area (Å²) in [6.45, 7) is 4.34. The Morgan fingerprint density at radius 1 is 1.12 bits per heavy atom. The maximum Gasteiger partial charge on any atom is 0.255 e. The van der Waals surface area contributed by atoms with Gasteiger partial charge in [-0.2, -0.15) is 0 Å². The lowest BCUT2D eigenvalue weighted by Crippen LogP contribution is -2.26. The number of rotatable bonds is 7. The second kappa shape index (κ2) is 8.22. The molecule has 0 radical (unpaired) electrons. The largest absolute Gasteiger partial charge is 0.322 e. The first-order chi connectivity index (χ1) is 11.8. The molecular weight excluding hydrogens is 343 g/mol. The quantitative estimate of drug-likeness (QED) is 0.791. The predicted molar refractivity (Wildman–Crippen MR) is 95.4 cm³/mol. The molecule has 5 nitrogen and oxygen atoms in total. The maximum atomic E-state index is 13.2. The van der Waals surface area contributed by atoms with E-state index in [1.54, 1.807) is 6.07 Å². The number of sulfonamides is 1. The van der Waals surface area contributed by atoms with Crippen LogP contribution in [0, 0.1) is 11.7 Å². The van der Waals surface area contributed by atoms with Crippen molar-refractivity contribution in [3.8, 4) is 0 Å². The summed E-state index contributed by atoms with van der Waals surface area (Å²) in [4.78, 5) is 12.3. The number of hydrogen-bond acceptors (Lipinski definition) is 3. The summed E-state index contributed by atoms with van der Waals surface area (Å²) in [5.41, 5.74) is 0.476. The molecule has 0 fully saturated rings. The van der Waals surface area contributed by atoms with Crippen LogP contribution in [-0.4, -0.2) is 20.9 Å².